The summed E-state index contributed by atoms with van der Waals surface area (Å²) in [7, 11) is 0. The van der Waals surface area contributed by atoms with Gasteiger partial charge in [0.1, 0.15) is 6.67 Å². The van der Waals surface area contributed by atoms with E-state index in [-0.39, 0.29) is 5.54 Å². The van der Waals surface area contributed by atoms with Gasteiger partial charge in [-0.2, -0.15) is 10.1 Å². The number of unbranched alkanes of at least 4 members (excludes halogenated alkanes) is 12. The summed E-state index contributed by atoms with van der Waals surface area (Å²) in [6.45, 7) is 7.58. The minimum absolute atomic E-state index is 0.196. The first-order valence-electron chi connectivity index (χ1n) is 10.6. The number of rotatable bonds is 16. The molecule has 0 amide bonds. The van der Waals surface area contributed by atoms with E-state index in [1.807, 2.05) is 0 Å². The van der Waals surface area contributed by atoms with Gasteiger partial charge < -0.3 is 0 Å². The van der Waals surface area contributed by atoms with Crippen LogP contribution in [0.3, 0.4) is 0 Å². The largest absolute Gasteiger partial charge is 0.219 e. The summed E-state index contributed by atoms with van der Waals surface area (Å²) in [4.78, 5) is 0. The molecule has 0 saturated carbocycles. The summed E-state index contributed by atoms with van der Waals surface area (Å²) in [6, 6.07) is 0. The maximum absolute atomic E-state index is 4.03. The van der Waals surface area contributed by atoms with E-state index < -0.39 is 0 Å². The van der Waals surface area contributed by atoms with E-state index in [2.05, 4.69) is 41.7 Å². The molecule has 0 spiro atoms. The molecule has 0 fully saturated rings. The summed E-state index contributed by atoms with van der Waals surface area (Å²) in [5.41, 5.74) is 3.23. The molecule has 0 aromatic heterocycles. The van der Waals surface area contributed by atoms with Gasteiger partial charge in [0.05, 0.1) is 0 Å². The topological polar surface area (TPSA) is 40.0 Å². The highest BCUT2D eigenvalue weighted by atomic mass is 15.8. The highest BCUT2D eigenvalue weighted by Crippen LogP contribution is 2.26. The third kappa shape index (κ3) is 9.00. The number of nitrogens with one attached hydrogen (secondary N) is 1. The lowest BCUT2D eigenvalue weighted by molar-refractivity contribution is 0.0592. The molecule has 0 saturated heterocycles. The van der Waals surface area contributed by atoms with E-state index in [0.717, 1.165) is 6.42 Å². The summed E-state index contributed by atoms with van der Waals surface area (Å²) in [5, 5.41) is 10.1. The predicted octanol–water partition coefficient (Wildman–Crippen LogP) is 6.78. The second kappa shape index (κ2) is 13.6. The van der Waals surface area contributed by atoms with Crippen LogP contribution in [0, 0.1) is 0 Å². The highest BCUT2D eigenvalue weighted by Gasteiger charge is 2.31. The Balaban J connectivity index is 1.88. The molecule has 0 aromatic rings. The van der Waals surface area contributed by atoms with Crippen LogP contribution in [0.2, 0.25) is 0 Å². The minimum Gasteiger partial charge on any atom is -0.219 e. The second-order valence-corrected chi connectivity index (χ2v) is 7.75. The lowest BCUT2D eigenvalue weighted by atomic mass is 9.90. The fourth-order valence-corrected chi connectivity index (χ4v) is 3.53. The van der Waals surface area contributed by atoms with Crippen molar-refractivity contribution in [3.05, 3.63) is 0 Å². The van der Waals surface area contributed by atoms with Crippen molar-refractivity contribution in [3.63, 3.8) is 0 Å². The monoisotopic (exact) mass is 338 g/mol. The molecule has 1 aliphatic heterocycles. The van der Waals surface area contributed by atoms with Crippen LogP contribution in [0.5, 0.6) is 0 Å². The van der Waals surface area contributed by atoms with Crippen molar-refractivity contribution in [3.8, 4) is 0 Å². The second-order valence-electron chi connectivity index (χ2n) is 7.75. The van der Waals surface area contributed by atoms with Crippen LogP contribution in [-0.4, -0.2) is 17.2 Å². The molecule has 4 heteroatoms. The van der Waals surface area contributed by atoms with Crippen molar-refractivity contribution < 1.29 is 0 Å². The van der Waals surface area contributed by atoms with Crippen molar-refractivity contribution in [2.75, 3.05) is 6.67 Å². The van der Waals surface area contributed by atoms with Gasteiger partial charge >= 0.3 is 0 Å². The molecule has 0 aliphatic carbocycles. The SMILES string of the molecule is CCCCCCCCCCCCCCCC(C)(CC)N1CN=NN1. The highest BCUT2D eigenvalue weighted by molar-refractivity contribution is 4.83. The number of nitrogens with zero attached hydrogens (tertiary/aromatic N) is 3. The first-order chi connectivity index (χ1) is 11.7. The maximum Gasteiger partial charge on any atom is 0.134 e. The van der Waals surface area contributed by atoms with E-state index >= 15 is 0 Å². The van der Waals surface area contributed by atoms with E-state index in [4.69, 9.17) is 0 Å². The Kier molecular flexibility index (Phi) is 12.2. The average Bonchev–Trinajstić information content (AvgIpc) is 3.14. The van der Waals surface area contributed by atoms with Gasteiger partial charge in [-0.05, 0) is 19.8 Å². The third-order valence-corrected chi connectivity index (χ3v) is 5.67. The number of hydrogen-bond donors (Lipinski definition) is 1. The molecule has 1 N–H and O–H groups in total. The quantitative estimate of drug-likeness (QED) is 0.315. The van der Waals surface area contributed by atoms with Gasteiger partial charge in [0.15, 0.2) is 0 Å². The molecule has 0 radical (unpaired) electrons. The van der Waals surface area contributed by atoms with Crippen molar-refractivity contribution in [1.82, 2.24) is 10.5 Å². The molecule has 1 aliphatic rings. The van der Waals surface area contributed by atoms with Crippen molar-refractivity contribution in [2.45, 2.75) is 123 Å². The Morgan fingerprint density at radius 3 is 1.71 bits per heavy atom. The Hall–Kier alpha value is -0.640. The molecule has 142 valence electrons. The predicted molar refractivity (Wildman–Crippen MR) is 104 cm³/mol. The standard InChI is InChI=1S/C20H42N4/c1-4-6-7-8-9-10-11-12-13-14-15-16-17-18-20(3,5-2)24-19-21-22-23-24/h4-19H2,1-3H3,(H,21,23). The third-order valence-electron chi connectivity index (χ3n) is 5.67. The lowest BCUT2D eigenvalue weighted by Crippen LogP contribution is -2.49. The van der Waals surface area contributed by atoms with Crippen molar-refractivity contribution in [1.29, 1.82) is 0 Å². The first-order valence-corrected chi connectivity index (χ1v) is 10.6. The minimum atomic E-state index is 0.196. The lowest BCUT2D eigenvalue weighted by Gasteiger charge is -2.36. The molecular formula is C20H42N4. The Labute approximate surface area is 150 Å². The van der Waals surface area contributed by atoms with E-state index in [9.17, 15) is 0 Å². The van der Waals surface area contributed by atoms with Crippen molar-refractivity contribution >= 4 is 0 Å². The Morgan fingerprint density at radius 1 is 0.792 bits per heavy atom. The molecule has 4 nitrogen and oxygen atoms in total. The van der Waals surface area contributed by atoms with Gasteiger partial charge in [-0.3, -0.25) is 0 Å². The van der Waals surface area contributed by atoms with Crippen LogP contribution in [0.4, 0.5) is 0 Å². The van der Waals surface area contributed by atoms with Crippen LogP contribution in [0.25, 0.3) is 0 Å². The molecular weight excluding hydrogens is 296 g/mol. The van der Waals surface area contributed by atoms with Gasteiger partial charge in [0, 0.05) is 5.54 Å². The molecule has 0 aromatic carbocycles. The fourth-order valence-electron chi connectivity index (χ4n) is 3.53. The number of hydrazine groups is 1. The van der Waals surface area contributed by atoms with Crippen LogP contribution < -0.4 is 5.53 Å². The van der Waals surface area contributed by atoms with Crippen LogP contribution in [0.15, 0.2) is 10.3 Å². The van der Waals surface area contributed by atoms with Gasteiger partial charge in [-0.15, -0.1) is 0 Å². The molecule has 1 atom stereocenters. The van der Waals surface area contributed by atoms with Gasteiger partial charge in [-0.1, -0.05) is 103 Å². The van der Waals surface area contributed by atoms with E-state index in [1.54, 1.807) is 0 Å². The van der Waals surface area contributed by atoms with E-state index in [0.29, 0.717) is 6.67 Å². The maximum atomic E-state index is 4.03. The van der Waals surface area contributed by atoms with Crippen LogP contribution in [0.1, 0.15) is 117 Å². The zero-order chi connectivity index (χ0) is 17.5. The Bertz CT molecular complexity index is 311. The normalized spacial score (nSPS) is 17.1. The molecule has 1 rings (SSSR count). The fraction of sp³-hybridized carbons (Fsp3) is 1.00. The molecule has 1 unspecified atom stereocenters. The average molecular weight is 339 g/mol. The summed E-state index contributed by atoms with van der Waals surface area (Å²) in [5.74, 6) is 0. The van der Waals surface area contributed by atoms with Crippen LogP contribution in [-0.2, 0) is 0 Å². The van der Waals surface area contributed by atoms with Gasteiger partial charge in [-0.25, -0.2) is 5.53 Å². The van der Waals surface area contributed by atoms with Crippen LogP contribution >= 0.6 is 0 Å². The van der Waals surface area contributed by atoms with Crippen molar-refractivity contribution in [2.24, 2.45) is 10.3 Å². The Morgan fingerprint density at radius 2 is 1.29 bits per heavy atom. The smallest absolute Gasteiger partial charge is 0.134 e. The van der Waals surface area contributed by atoms with Gasteiger partial charge in [0.25, 0.3) is 0 Å². The first kappa shape index (κ1) is 21.4. The molecule has 0 bridgehead atoms. The molecule has 24 heavy (non-hydrogen) atoms. The van der Waals surface area contributed by atoms with E-state index in [1.165, 1.54) is 89.9 Å². The zero-order valence-electron chi connectivity index (χ0n) is 16.7. The van der Waals surface area contributed by atoms with Gasteiger partial charge in [0.2, 0.25) is 0 Å². The summed E-state index contributed by atoms with van der Waals surface area (Å²) >= 11 is 0. The molecule has 1 heterocycles. The summed E-state index contributed by atoms with van der Waals surface area (Å²) < 4.78 is 0. The zero-order valence-corrected chi connectivity index (χ0v) is 16.7. The number of hydrogen-bond acceptors (Lipinski definition) is 4. The summed E-state index contributed by atoms with van der Waals surface area (Å²) in [6.07, 6.45) is 20.8.